The van der Waals surface area contributed by atoms with E-state index in [0.29, 0.717) is 4.47 Å². The zero-order valence-corrected chi connectivity index (χ0v) is 13.6. The number of aromatic nitrogens is 1. The summed E-state index contributed by atoms with van der Waals surface area (Å²) in [6.07, 6.45) is 1.28. The van der Waals surface area contributed by atoms with Crippen LogP contribution in [0.2, 0.25) is 10.0 Å². The van der Waals surface area contributed by atoms with Crippen molar-refractivity contribution in [3.63, 3.8) is 0 Å². The fraction of sp³-hybridized carbons (Fsp3) is 0.0769. The highest BCUT2D eigenvalue weighted by Crippen LogP contribution is 2.38. The van der Waals surface area contributed by atoms with Crippen molar-refractivity contribution in [2.45, 2.75) is 0 Å². The Morgan fingerprint density at radius 3 is 2.43 bits per heavy atom. The van der Waals surface area contributed by atoms with Crippen LogP contribution in [0, 0.1) is 5.82 Å². The average Bonchev–Trinajstić information content (AvgIpc) is 2.43. The van der Waals surface area contributed by atoms with Crippen LogP contribution in [0.3, 0.4) is 0 Å². The lowest BCUT2D eigenvalue weighted by molar-refractivity contribution is 0.0600. The smallest absolute Gasteiger partial charge is 0.339 e. The summed E-state index contributed by atoms with van der Waals surface area (Å²) in [5, 5.41) is 0.0106. The van der Waals surface area contributed by atoms with E-state index in [-0.39, 0.29) is 27.2 Å². The number of carbonyl (C=O) groups is 1. The van der Waals surface area contributed by atoms with E-state index in [4.69, 9.17) is 27.9 Å². The third kappa shape index (κ3) is 3.64. The molecule has 0 bridgehead atoms. The molecule has 0 fully saturated rings. The van der Waals surface area contributed by atoms with Crippen LogP contribution in [0.25, 0.3) is 0 Å². The van der Waals surface area contributed by atoms with Gasteiger partial charge in [0.1, 0.15) is 5.82 Å². The normalized spacial score (nSPS) is 10.3. The van der Waals surface area contributed by atoms with Crippen LogP contribution >= 0.6 is 39.1 Å². The van der Waals surface area contributed by atoms with Crippen molar-refractivity contribution >= 4 is 45.1 Å². The number of pyridine rings is 1. The maximum absolute atomic E-state index is 13.1. The first-order valence-electron chi connectivity index (χ1n) is 5.48. The summed E-state index contributed by atoms with van der Waals surface area (Å²) in [7, 11) is 1.26. The summed E-state index contributed by atoms with van der Waals surface area (Å²) in [6.45, 7) is 0. The van der Waals surface area contributed by atoms with Gasteiger partial charge in [0.25, 0.3) is 0 Å². The molecule has 0 aliphatic carbocycles. The number of methoxy groups -OCH3 is 1. The molecule has 4 nitrogen and oxygen atoms in total. The van der Waals surface area contributed by atoms with Crippen LogP contribution < -0.4 is 4.74 Å². The average molecular weight is 395 g/mol. The van der Waals surface area contributed by atoms with E-state index in [1.54, 1.807) is 0 Å². The van der Waals surface area contributed by atoms with Crippen LogP contribution in [-0.2, 0) is 4.74 Å². The Labute approximate surface area is 137 Å². The Bertz CT molecular complexity index is 689. The van der Waals surface area contributed by atoms with Crippen LogP contribution in [0.5, 0.6) is 11.6 Å². The van der Waals surface area contributed by atoms with E-state index in [1.807, 2.05) is 0 Å². The van der Waals surface area contributed by atoms with Crippen molar-refractivity contribution in [2.24, 2.45) is 0 Å². The van der Waals surface area contributed by atoms with Gasteiger partial charge in [0, 0.05) is 6.20 Å². The van der Waals surface area contributed by atoms with Gasteiger partial charge in [-0.3, -0.25) is 0 Å². The maximum Gasteiger partial charge on any atom is 0.339 e. The third-order valence-electron chi connectivity index (χ3n) is 2.39. The van der Waals surface area contributed by atoms with Crippen molar-refractivity contribution in [3.05, 3.63) is 50.3 Å². The second-order valence-corrected chi connectivity index (χ2v) is 5.47. The number of benzene rings is 1. The number of hydrogen-bond donors (Lipinski definition) is 0. The second-order valence-electron chi connectivity index (χ2n) is 3.80. The molecule has 0 saturated carbocycles. The largest absolute Gasteiger partial charge is 0.465 e. The van der Waals surface area contributed by atoms with Crippen molar-refractivity contribution in [3.8, 4) is 11.6 Å². The Hall–Kier alpha value is -1.37. The molecular weight excluding hydrogens is 388 g/mol. The molecule has 0 saturated heterocycles. The number of ether oxygens (including phenoxy) is 2. The predicted octanol–water partition coefficient (Wildman–Crippen LogP) is 4.87. The van der Waals surface area contributed by atoms with Gasteiger partial charge in [0.15, 0.2) is 5.75 Å². The lowest BCUT2D eigenvalue weighted by Gasteiger charge is -2.10. The summed E-state index contributed by atoms with van der Waals surface area (Å²) in [6, 6.07) is 3.61. The summed E-state index contributed by atoms with van der Waals surface area (Å²) in [5.41, 5.74) is 0.244. The van der Waals surface area contributed by atoms with Crippen molar-refractivity contribution in [1.29, 1.82) is 0 Å². The molecule has 0 radical (unpaired) electrons. The summed E-state index contributed by atoms with van der Waals surface area (Å²) >= 11 is 15.0. The Kier molecular flexibility index (Phi) is 5.03. The molecule has 0 aliphatic heterocycles. The summed E-state index contributed by atoms with van der Waals surface area (Å²) < 4.78 is 23.5. The highest BCUT2D eigenvalue weighted by atomic mass is 79.9. The van der Waals surface area contributed by atoms with Crippen molar-refractivity contribution in [2.75, 3.05) is 7.11 Å². The van der Waals surface area contributed by atoms with Gasteiger partial charge in [-0.15, -0.1) is 0 Å². The minimum atomic E-state index is -0.578. The van der Waals surface area contributed by atoms with E-state index in [9.17, 15) is 9.18 Å². The first-order valence-corrected chi connectivity index (χ1v) is 7.03. The predicted molar refractivity (Wildman–Crippen MR) is 79.8 cm³/mol. The zero-order valence-electron chi connectivity index (χ0n) is 10.5. The lowest BCUT2D eigenvalue weighted by atomic mass is 10.3. The topological polar surface area (TPSA) is 48.4 Å². The van der Waals surface area contributed by atoms with Gasteiger partial charge in [-0.2, -0.15) is 0 Å². The Morgan fingerprint density at radius 1 is 1.29 bits per heavy atom. The number of nitrogens with zero attached hydrogens (tertiary/aromatic N) is 1. The summed E-state index contributed by atoms with van der Waals surface area (Å²) in [4.78, 5) is 15.3. The highest BCUT2D eigenvalue weighted by molar-refractivity contribution is 9.10. The molecule has 0 atom stereocenters. The molecule has 0 spiro atoms. The number of esters is 1. The number of hydrogen-bond acceptors (Lipinski definition) is 4. The minimum absolute atomic E-state index is 0.00532. The molecular formula is C13H7BrCl2FNO3. The molecule has 1 aromatic carbocycles. The molecule has 110 valence electrons. The van der Waals surface area contributed by atoms with Crippen LogP contribution in [0.1, 0.15) is 10.4 Å². The van der Waals surface area contributed by atoms with Gasteiger partial charge < -0.3 is 9.47 Å². The first kappa shape index (κ1) is 16.0. The molecule has 8 heteroatoms. The van der Waals surface area contributed by atoms with E-state index in [1.165, 1.54) is 19.4 Å². The van der Waals surface area contributed by atoms with Crippen molar-refractivity contribution in [1.82, 2.24) is 4.98 Å². The quantitative estimate of drug-likeness (QED) is 0.697. The van der Waals surface area contributed by atoms with Crippen LogP contribution in [-0.4, -0.2) is 18.1 Å². The standard InChI is InChI=1S/C13H7BrCl2FNO3/c1-20-13(19)6-2-8(14)12(18-5-6)21-11-9(15)3-7(17)4-10(11)16/h2-5H,1H3. The molecule has 21 heavy (non-hydrogen) atoms. The molecule has 0 unspecified atom stereocenters. The van der Waals surface area contributed by atoms with E-state index in [2.05, 4.69) is 25.7 Å². The zero-order chi connectivity index (χ0) is 15.6. The first-order chi connectivity index (χ1) is 9.92. The van der Waals surface area contributed by atoms with E-state index < -0.39 is 11.8 Å². The molecule has 0 aliphatic rings. The Balaban J connectivity index is 2.35. The summed E-state index contributed by atoms with van der Waals surface area (Å²) in [5.74, 6) is -0.921. The molecule has 2 rings (SSSR count). The van der Waals surface area contributed by atoms with Gasteiger partial charge in [-0.25, -0.2) is 14.2 Å². The van der Waals surface area contributed by atoms with Gasteiger partial charge in [0.05, 0.1) is 27.2 Å². The lowest BCUT2D eigenvalue weighted by Crippen LogP contribution is -2.02. The van der Waals surface area contributed by atoms with E-state index in [0.717, 1.165) is 12.1 Å². The number of carbonyl (C=O) groups excluding carboxylic acids is 1. The second kappa shape index (κ2) is 6.60. The van der Waals surface area contributed by atoms with E-state index >= 15 is 0 Å². The SMILES string of the molecule is COC(=O)c1cnc(Oc2c(Cl)cc(F)cc2Cl)c(Br)c1. The molecule has 0 N–H and O–H groups in total. The van der Waals surface area contributed by atoms with Crippen molar-refractivity contribution < 1.29 is 18.7 Å². The van der Waals surface area contributed by atoms with Gasteiger partial charge in [-0.05, 0) is 34.1 Å². The van der Waals surface area contributed by atoms with Crippen LogP contribution in [0.4, 0.5) is 4.39 Å². The highest BCUT2D eigenvalue weighted by Gasteiger charge is 2.15. The fourth-order valence-electron chi connectivity index (χ4n) is 1.45. The third-order valence-corrected chi connectivity index (χ3v) is 3.52. The monoisotopic (exact) mass is 393 g/mol. The van der Waals surface area contributed by atoms with Gasteiger partial charge in [0.2, 0.25) is 5.88 Å². The van der Waals surface area contributed by atoms with Gasteiger partial charge >= 0.3 is 5.97 Å². The maximum atomic E-state index is 13.1. The molecule has 2 aromatic rings. The molecule has 0 amide bonds. The van der Waals surface area contributed by atoms with Gasteiger partial charge in [-0.1, -0.05) is 23.2 Å². The Morgan fingerprint density at radius 2 is 1.90 bits per heavy atom. The minimum Gasteiger partial charge on any atom is -0.465 e. The molecule has 1 heterocycles. The van der Waals surface area contributed by atoms with Crippen LogP contribution in [0.15, 0.2) is 28.9 Å². The fourth-order valence-corrected chi connectivity index (χ4v) is 2.42. The molecule has 1 aromatic heterocycles. The number of halogens is 4. The number of rotatable bonds is 3.